The fourth-order valence-electron chi connectivity index (χ4n) is 1.32. The van der Waals surface area contributed by atoms with E-state index in [-0.39, 0.29) is 11.4 Å². The fraction of sp³-hybridized carbons (Fsp3) is 0.200. The van der Waals surface area contributed by atoms with Crippen molar-refractivity contribution in [3.63, 3.8) is 0 Å². The van der Waals surface area contributed by atoms with Gasteiger partial charge in [-0.25, -0.2) is 13.1 Å². The normalized spacial score (nSPS) is 11.6. The second kappa shape index (κ2) is 4.64. The summed E-state index contributed by atoms with van der Waals surface area (Å²) >= 11 is 0. The van der Waals surface area contributed by atoms with E-state index in [1.165, 1.54) is 18.5 Å². The largest absolute Gasteiger partial charge is 0.283 e. The van der Waals surface area contributed by atoms with Crippen molar-refractivity contribution in [1.29, 1.82) is 0 Å². The number of aromatic amines is 1. The van der Waals surface area contributed by atoms with Crippen LogP contribution in [0.1, 0.15) is 11.3 Å². The summed E-state index contributed by atoms with van der Waals surface area (Å²) in [6, 6.07) is 3.08. The van der Waals surface area contributed by atoms with E-state index in [2.05, 4.69) is 19.9 Å². The van der Waals surface area contributed by atoms with Gasteiger partial charge in [0.2, 0.25) is 10.0 Å². The number of H-pyrrole nitrogens is 1. The van der Waals surface area contributed by atoms with Gasteiger partial charge in [0.15, 0.2) is 0 Å². The van der Waals surface area contributed by atoms with Gasteiger partial charge in [0.25, 0.3) is 0 Å². The summed E-state index contributed by atoms with van der Waals surface area (Å²) in [6.07, 6.45) is 4.44. The van der Waals surface area contributed by atoms with E-state index >= 15 is 0 Å². The minimum absolute atomic E-state index is 0.154. The second-order valence-corrected chi connectivity index (χ2v) is 5.30. The fourth-order valence-corrected chi connectivity index (χ4v) is 2.29. The molecule has 2 aromatic rings. The van der Waals surface area contributed by atoms with Crippen molar-refractivity contribution >= 4 is 10.0 Å². The van der Waals surface area contributed by atoms with Gasteiger partial charge in [-0.1, -0.05) is 0 Å². The molecule has 0 saturated carbocycles. The number of aromatic nitrogens is 3. The number of hydrogen-bond donors (Lipinski definition) is 2. The Kier molecular flexibility index (Phi) is 3.21. The highest BCUT2D eigenvalue weighted by molar-refractivity contribution is 7.89. The van der Waals surface area contributed by atoms with Crippen LogP contribution in [-0.4, -0.2) is 23.6 Å². The molecule has 0 unspecified atom stereocenters. The summed E-state index contributed by atoms with van der Waals surface area (Å²) in [5.74, 6) is 0. The van der Waals surface area contributed by atoms with Gasteiger partial charge in [0, 0.05) is 30.2 Å². The topological polar surface area (TPSA) is 87.7 Å². The van der Waals surface area contributed by atoms with Gasteiger partial charge in [0.05, 0.1) is 6.20 Å². The summed E-state index contributed by atoms with van der Waals surface area (Å²) < 4.78 is 26.2. The number of sulfonamides is 1. The molecule has 2 N–H and O–H groups in total. The standard InChI is InChI=1S/C10H12N4O2S/c1-8-9(5-12-14-8)6-13-17(15,16)10-3-2-4-11-7-10/h2-5,7,13H,6H2,1H3,(H,12,14). The third-order valence-electron chi connectivity index (χ3n) is 2.33. The van der Waals surface area contributed by atoms with Gasteiger partial charge in [0.1, 0.15) is 4.90 Å². The van der Waals surface area contributed by atoms with Crippen molar-refractivity contribution in [1.82, 2.24) is 19.9 Å². The van der Waals surface area contributed by atoms with Gasteiger partial charge in [-0.05, 0) is 19.1 Å². The van der Waals surface area contributed by atoms with E-state index in [0.29, 0.717) is 0 Å². The molecule has 0 amide bonds. The molecule has 0 radical (unpaired) electrons. The molecule has 0 bridgehead atoms. The van der Waals surface area contributed by atoms with Crippen LogP contribution < -0.4 is 4.72 Å². The maximum atomic E-state index is 11.9. The molecule has 0 aliphatic rings. The lowest BCUT2D eigenvalue weighted by atomic mass is 10.3. The molecule has 0 spiro atoms. The summed E-state index contributed by atoms with van der Waals surface area (Å²) in [5, 5.41) is 6.57. The first-order valence-electron chi connectivity index (χ1n) is 4.98. The van der Waals surface area contributed by atoms with E-state index in [4.69, 9.17) is 0 Å². The molecule has 0 atom stereocenters. The maximum absolute atomic E-state index is 11.9. The Labute approximate surface area is 99.1 Å². The van der Waals surface area contributed by atoms with E-state index in [9.17, 15) is 8.42 Å². The molecule has 0 aliphatic heterocycles. The minimum Gasteiger partial charge on any atom is -0.283 e. The Hall–Kier alpha value is -1.73. The van der Waals surface area contributed by atoms with Crippen LogP contribution in [0.5, 0.6) is 0 Å². The van der Waals surface area contributed by atoms with E-state index in [1.807, 2.05) is 6.92 Å². The highest BCUT2D eigenvalue weighted by Crippen LogP contribution is 2.08. The lowest BCUT2D eigenvalue weighted by Crippen LogP contribution is -2.23. The van der Waals surface area contributed by atoms with Crippen LogP contribution in [0.2, 0.25) is 0 Å². The summed E-state index contributed by atoms with van der Waals surface area (Å²) in [6.45, 7) is 2.04. The van der Waals surface area contributed by atoms with Crippen LogP contribution in [0.15, 0.2) is 35.6 Å². The average Bonchev–Trinajstić information content (AvgIpc) is 2.74. The van der Waals surface area contributed by atoms with Crippen molar-refractivity contribution in [3.05, 3.63) is 42.0 Å². The molecule has 90 valence electrons. The van der Waals surface area contributed by atoms with E-state index < -0.39 is 10.0 Å². The molecule has 0 fully saturated rings. The van der Waals surface area contributed by atoms with Crippen molar-refractivity contribution in [2.45, 2.75) is 18.4 Å². The van der Waals surface area contributed by atoms with Gasteiger partial charge in [-0.15, -0.1) is 0 Å². The van der Waals surface area contributed by atoms with Crippen molar-refractivity contribution < 1.29 is 8.42 Å². The Morgan fingerprint density at radius 2 is 2.24 bits per heavy atom. The zero-order valence-electron chi connectivity index (χ0n) is 9.21. The van der Waals surface area contributed by atoms with E-state index in [1.54, 1.807) is 12.3 Å². The average molecular weight is 252 g/mol. The summed E-state index contributed by atoms with van der Waals surface area (Å²) in [4.78, 5) is 3.93. The second-order valence-electron chi connectivity index (χ2n) is 3.53. The number of nitrogens with one attached hydrogen (secondary N) is 2. The number of nitrogens with zero attached hydrogens (tertiary/aromatic N) is 2. The molecule has 2 rings (SSSR count). The van der Waals surface area contributed by atoms with Crippen LogP contribution >= 0.6 is 0 Å². The summed E-state index contributed by atoms with van der Waals surface area (Å²) in [5.41, 5.74) is 1.66. The summed E-state index contributed by atoms with van der Waals surface area (Å²) in [7, 11) is -3.51. The van der Waals surface area contributed by atoms with Crippen molar-refractivity contribution in [3.8, 4) is 0 Å². The van der Waals surface area contributed by atoms with Crippen LogP contribution in [0.4, 0.5) is 0 Å². The van der Waals surface area contributed by atoms with Crippen LogP contribution in [0.3, 0.4) is 0 Å². The minimum atomic E-state index is -3.51. The van der Waals surface area contributed by atoms with Crippen LogP contribution in [0, 0.1) is 6.92 Å². The molecule has 0 aromatic carbocycles. The monoisotopic (exact) mass is 252 g/mol. The van der Waals surface area contributed by atoms with Gasteiger partial charge in [-0.3, -0.25) is 10.1 Å². The molecule has 2 heterocycles. The molecular weight excluding hydrogens is 240 g/mol. The predicted octanol–water partition coefficient (Wildman–Crippen LogP) is 0.592. The zero-order valence-corrected chi connectivity index (χ0v) is 10.0. The first kappa shape index (κ1) is 11.7. The molecular formula is C10H12N4O2S. The lowest BCUT2D eigenvalue weighted by molar-refractivity contribution is 0.581. The maximum Gasteiger partial charge on any atom is 0.242 e. The van der Waals surface area contributed by atoms with Crippen LogP contribution in [-0.2, 0) is 16.6 Å². The predicted molar refractivity (Wildman–Crippen MR) is 61.6 cm³/mol. The Balaban J connectivity index is 2.12. The Morgan fingerprint density at radius 3 is 2.82 bits per heavy atom. The number of pyridine rings is 1. The molecule has 6 nitrogen and oxygen atoms in total. The highest BCUT2D eigenvalue weighted by atomic mass is 32.2. The zero-order chi connectivity index (χ0) is 12.3. The number of rotatable bonds is 4. The first-order chi connectivity index (χ1) is 8.09. The SMILES string of the molecule is Cc1[nH]ncc1CNS(=O)(=O)c1cccnc1. The van der Waals surface area contributed by atoms with Gasteiger partial charge < -0.3 is 0 Å². The van der Waals surface area contributed by atoms with Gasteiger partial charge in [-0.2, -0.15) is 5.10 Å². The van der Waals surface area contributed by atoms with E-state index in [0.717, 1.165) is 11.3 Å². The molecule has 0 aliphatic carbocycles. The number of aryl methyl sites for hydroxylation is 1. The molecule has 0 saturated heterocycles. The molecule has 17 heavy (non-hydrogen) atoms. The lowest BCUT2D eigenvalue weighted by Gasteiger charge is -2.05. The Morgan fingerprint density at radius 1 is 1.41 bits per heavy atom. The first-order valence-corrected chi connectivity index (χ1v) is 6.46. The highest BCUT2D eigenvalue weighted by Gasteiger charge is 2.14. The van der Waals surface area contributed by atoms with Crippen molar-refractivity contribution in [2.24, 2.45) is 0 Å². The smallest absolute Gasteiger partial charge is 0.242 e. The Bertz CT molecular complexity index is 592. The van der Waals surface area contributed by atoms with Crippen molar-refractivity contribution in [2.75, 3.05) is 0 Å². The number of hydrogen-bond acceptors (Lipinski definition) is 4. The third-order valence-corrected chi connectivity index (χ3v) is 3.72. The third kappa shape index (κ3) is 2.69. The molecule has 2 aromatic heterocycles. The quantitative estimate of drug-likeness (QED) is 0.833. The molecule has 7 heteroatoms. The van der Waals surface area contributed by atoms with Crippen LogP contribution in [0.25, 0.3) is 0 Å². The van der Waals surface area contributed by atoms with Gasteiger partial charge >= 0.3 is 0 Å².